The third-order valence-corrected chi connectivity index (χ3v) is 6.70. The van der Waals surface area contributed by atoms with E-state index in [0.29, 0.717) is 12.0 Å². The molecule has 0 N–H and O–H groups in total. The summed E-state index contributed by atoms with van der Waals surface area (Å²) in [6.45, 7) is 4.55. The van der Waals surface area contributed by atoms with Crippen molar-refractivity contribution in [2.45, 2.75) is 50.5 Å². The van der Waals surface area contributed by atoms with Crippen molar-refractivity contribution in [3.63, 3.8) is 0 Å². The Labute approximate surface area is 145 Å². The fourth-order valence-corrected chi connectivity index (χ4v) is 5.22. The lowest BCUT2D eigenvalue weighted by molar-refractivity contribution is -0.0762. The van der Waals surface area contributed by atoms with Crippen LogP contribution in [0.4, 0.5) is 0 Å². The molecule has 1 aliphatic carbocycles. The maximum absolute atomic E-state index is 6.52. The molecule has 0 aromatic heterocycles. The van der Waals surface area contributed by atoms with E-state index in [0.717, 1.165) is 30.0 Å². The summed E-state index contributed by atoms with van der Waals surface area (Å²) in [4.78, 5) is 2.57. The minimum Gasteiger partial charge on any atom is -0.376 e. The highest BCUT2D eigenvalue weighted by Crippen LogP contribution is 2.40. The number of piperidine rings is 3. The van der Waals surface area contributed by atoms with Crippen LogP contribution in [0.1, 0.15) is 50.0 Å². The smallest absolute Gasteiger partial charge is 0.0731 e. The van der Waals surface area contributed by atoms with Crippen LogP contribution >= 0.6 is 11.6 Å². The minimum atomic E-state index is 0.448. The molecule has 0 amide bonds. The van der Waals surface area contributed by atoms with Gasteiger partial charge < -0.3 is 9.64 Å². The highest BCUT2D eigenvalue weighted by atomic mass is 35.5. The molecule has 4 fully saturated rings. The molecule has 5 rings (SSSR count). The number of hydrogen-bond donors (Lipinski definition) is 0. The van der Waals surface area contributed by atoms with Crippen LogP contribution in [-0.2, 0) is 4.74 Å². The molecule has 2 nitrogen and oxygen atoms in total. The van der Waals surface area contributed by atoms with Crippen molar-refractivity contribution < 1.29 is 4.74 Å². The van der Waals surface area contributed by atoms with Crippen molar-refractivity contribution in [2.24, 2.45) is 11.8 Å². The van der Waals surface area contributed by atoms with Crippen molar-refractivity contribution in [1.82, 2.24) is 4.90 Å². The van der Waals surface area contributed by atoms with Crippen LogP contribution in [0.2, 0.25) is 5.02 Å². The topological polar surface area (TPSA) is 12.5 Å². The molecule has 2 atom stereocenters. The first-order valence-electron chi connectivity index (χ1n) is 9.39. The summed E-state index contributed by atoms with van der Waals surface area (Å²) in [7, 11) is 0. The van der Waals surface area contributed by atoms with Crippen LogP contribution in [-0.4, -0.2) is 37.2 Å². The van der Waals surface area contributed by atoms with Gasteiger partial charge in [0.15, 0.2) is 0 Å². The summed E-state index contributed by atoms with van der Waals surface area (Å²) in [5.74, 6) is 2.01. The van der Waals surface area contributed by atoms with Gasteiger partial charge in [-0.25, -0.2) is 0 Å². The first kappa shape index (κ1) is 15.9. The van der Waals surface area contributed by atoms with Crippen LogP contribution in [0.15, 0.2) is 24.3 Å². The van der Waals surface area contributed by atoms with Crippen LogP contribution in [0.3, 0.4) is 0 Å². The van der Waals surface area contributed by atoms with Crippen LogP contribution in [0.25, 0.3) is 0 Å². The Morgan fingerprint density at radius 2 is 1.83 bits per heavy atom. The molecule has 1 saturated carbocycles. The molecule has 1 unspecified atom stereocenters. The average molecular weight is 334 g/mol. The maximum Gasteiger partial charge on any atom is 0.0731 e. The van der Waals surface area contributed by atoms with E-state index in [1.54, 1.807) is 0 Å². The lowest BCUT2D eigenvalue weighted by Gasteiger charge is -2.45. The Morgan fingerprint density at radius 1 is 1.09 bits per heavy atom. The molecule has 3 heterocycles. The van der Waals surface area contributed by atoms with Gasteiger partial charge >= 0.3 is 0 Å². The SMILES string of the molecule is Clc1ccccc1C(CO[C@H]1CN2CCC1CC2)C1CCCC1. The van der Waals surface area contributed by atoms with Gasteiger partial charge in [0, 0.05) is 17.5 Å². The number of benzene rings is 1. The van der Waals surface area contributed by atoms with Gasteiger partial charge in [-0.3, -0.25) is 0 Å². The zero-order chi connectivity index (χ0) is 15.6. The highest BCUT2D eigenvalue weighted by molar-refractivity contribution is 6.31. The summed E-state index contributed by atoms with van der Waals surface area (Å²) in [6, 6.07) is 8.40. The zero-order valence-electron chi connectivity index (χ0n) is 13.9. The van der Waals surface area contributed by atoms with E-state index in [9.17, 15) is 0 Å². The van der Waals surface area contributed by atoms with E-state index in [2.05, 4.69) is 17.0 Å². The quantitative estimate of drug-likeness (QED) is 0.772. The summed E-state index contributed by atoms with van der Waals surface area (Å²) in [5.41, 5.74) is 1.31. The highest BCUT2D eigenvalue weighted by Gasteiger charge is 2.36. The predicted molar refractivity (Wildman–Crippen MR) is 95.1 cm³/mol. The molecule has 23 heavy (non-hydrogen) atoms. The molecule has 0 spiro atoms. The Balaban J connectivity index is 1.46. The third-order valence-electron chi connectivity index (χ3n) is 6.36. The second-order valence-corrected chi connectivity index (χ2v) is 8.09. The fraction of sp³-hybridized carbons (Fsp3) is 0.700. The first-order valence-corrected chi connectivity index (χ1v) is 9.77. The van der Waals surface area contributed by atoms with Gasteiger partial charge in [-0.15, -0.1) is 0 Å². The van der Waals surface area contributed by atoms with Crippen molar-refractivity contribution >= 4 is 11.6 Å². The van der Waals surface area contributed by atoms with E-state index in [-0.39, 0.29) is 0 Å². The van der Waals surface area contributed by atoms with E-state index < -0.39 is 0 Å². The molecule has 1 aromatic carbocycles. The average Bonchev–Trinajstić information content (AvgIpc) is 3.12. The van der Waals surface area contributed by atoms with Gasteiger partial charge in [-0.2, -0.15) is 0 Å². The number of hydrogen-bond acceptors (Lipinski definition) is 2. The predicted octanol–water partition coefficient (Wildman–Crippen LogP) is 4.72. The number of fused-ring (bicyclic) bond motifs is 3. The lowest BCUT2D eigenvalue weighted by atomic mass is 9.84. The van der Waals surface area contributed by atoms with E-state index in [4.69, 9.17) is 16.3 Å². The van der Waals surface area contributed by atoms with Crippen molar-refractivity contribution in [3.05, 3.63) is 34.9 Å². The Hall–Kier alpha value is -0.570. The second kappa shape index (κ2) is 7.13. The van der Waals surface area contributed by atoms with E-state index >= 15 is 0 Å². The molecule has 3 heteroatoms. The third kappa shape index (κ3) is 3.45. The molecular weight excluding hydrogens is 306 g/mol. The fourth-order valence-electron chi connectivity index (χ4n) is 4.94. The number of rotatable bonds is 5. The first-order chi connectivity index (χ1) is 11.3. The Kier molecular flexibility index (Phi) is 4.93. The largest absolute Gasteiger partial charge is 0.376 e. The molecular formula is C20H28ClNO. The summed E-state index contributed by atoms with van der Waals surface area (Å²) >= 11 is 6.52. The molecule has 3 aliphatic heterocycles. The van der Waals surface area contributed by atoms with Gasteiger partial charge in [0.2, 0.25) is 0 Å². The Morgan fingerprint density at radius 3 is 2.48 bits per heavy atom. The standard InChI is InChI=1S/C20H28ClNO/c21-19-8-4-3-7-17(19)18(15-5-1-2-6-15)14-23-20-13-22-11-9-16(20)10-12-22/h3-4,7-8,15-16,18,20H,1-2,5-6,9-14H2/t18?,20-/m0/s1. The normalized spacial score (nSPS) is 32.3. The summed E-state index contributed by atoms with van der Waals surface area (Å²) < 4.78 is 6.50. The second-order valence-electron chi connectivity index (χ2n) is 7.68. The van der Waals surface area contributed by atoms with Crippen LogP contribution in [0, 0.1) is 11.8 Å². The molecule has 2 bridgehead atoms. The minimum absolute atomic E-state index is 0.448. The van der Waals surface area contributed by atoms with E-state index in [1.165, 1.54) is 57.2 Å². The monoisotopic (exact) mass is 333 g/mol. The zero-order valence-corrected chi connectivity index (χ0v) is 14.7. The molecule has 1 aromatic rings. The van der Waals surface area contributed by atoms with Gasteiger partial charge in [-0.1, -0.05) is 42.6 Å². The summed E-state index contributed by atoms with van der Waals surface area (Å²) in [5, 5.41) is 0.918. The lowest BCUT2D eigenvalue weighted by Crippen LogP contribution is -2.51. The van der Waals surface area contributed by atoms with Gasteiger partial charge in [0.1, 0.15) is 0 Å². The van der Waals surface area contributed by atoms with Crippen molar-refractivity contribution in [3.8, 4) is 0 Å². The molecule has 126 valence electrons. The van der Waals surface area contributed by atoms with Crippen molar-refractivity contribution in [1.29, 1.82) is 0 Å². The molecule has 3 saturated heterocycles. The maximum atomic E-state index is 6.52. The summed E-state index contributed by atoms with van der Waals surface area (Å²) in [6.07, 6.45) is 8.50. The Bertz CT molecular complexity index is 520. The van der Waals surface area contributed by atoms with Crippen LogP contribution in [0.5, 0.6) is 0 Å². The van der Waals surface area contributed by atoms with Gasteiger partial charge in [0.25, 0.3) is 0 Å². The number of nitrogens with zero attached hydrogens (tertiary/aromatic N) is 1. The molecule has 0 radical (unpaired) electrons. The number of halogens is 1. The van der Waals surface area contributed by atoms with Gasteiger partial charge in [-0.05, 0) is 62.2 Å². The van der Waals surface area contributed by atoms with Gasteiger partial charge in [0.05, 0.1) is 12.7 Å². The molecule has 4 aliphatic rings. The van der Waals surface area contributed by atoms with Crippen molar-refractivity contribution in [2.75, 3.05) is 26.2 Å². The number of ether oxygens (including phenoxy) is 1. The van der Waals surface area contributed by atoms with E-state index in [1.807, 2.05) is 12.1 Å². The van der Waals surface area contributed by atoms with Crippen LogP contribution < -0.4 is 0 Å².